The van der Waals surface area contributed by atoms with E-state index in [1.807, 2.05) is 27.0 Å². The van der Waals surface area contributed by atoms with E-state index in [0.717, 1.165) is 11.5 Å². The van der Waals surface area contributed by atoms with Crippen molar-refractivity contribution in [1.29, 1.82) is 0 Å². The van der Waals surface area contributed by atoms with Gasteiger partial charge in [-0.25, -0.2) is 9.78 Å². The van der Waals surface area contributed by atoms with Gasteiger partial charge in [0.05, 0.1) is 37.6 Å². The largest absolute Gasteiger partial charge is 0.444 e. The van der Waals surface area contributed by atoms with Crippen LogP contribution in [0.25, 0.3) is 0 Å². The van der Waals surface area contributed by atoms with Crippen LogP contribution in [0.3, 0.4) is 0 Å². The van der Waals surface area contributed by atoms with Crippen molar-refractivity contribution in [3.63, 3.8) is 0 Å². The van der Waals surface area contributed by atoms with Crippen molar-refractivity contribution in [3.05, 3.63) is 17.7 Å². The van der Waals surface area contributed by atoms with Crippen LogP contribution in [0.1, 0.15) is 65.5 Å². The highest BCUT2D eigenvalue weighted by molar-refractivity contribution is 5.69. The minimum Gasteiger partial charge on any atom is -0.444 e. The Hall–Kier alpha value is -1.60. The molecule has 0 bridgehead atoms. The number of carbonyl (C=O) groups is 1. The number of hydrogen-bond donors (Lipinski definition) is 1. The number of likely N-dealkylation sites (tertiary alicyclic amines) is 1. The first kappa shape index (κ1) is 20.7. The number of aromatic amines is 1. The van der Waals surface area contributed by atoms with Gasteiger partial charge >= 0.3 is 6.09 Å². The standard InChI is InChI=1S/C19H33N3O4/c1-18(2,3)15-11-20-16(21-15)14-10-13(25-9-8-24-7)12-22(14)17(23)26-19(4,5)6/h11,13-14H,8-10,12H2,1-7H3,(H,20,21)/t13-,14+/m1/s1. The fourth-order valence-corrected chi connectivity index (χ4v) is 2.89. The molecule has 1 fully saturated rings. The number of carbonyl (C=O) groups excluding carboxylic acids is 1. The fraction of sp³-hybridized carbons (Fsp3) is 0.789. The van der Waals surface area contributed by atoms with Crippen LogP contribution in [0.15, 0.2) is 6.20 Å². The van der Waals surface area contributed by atoms with Crippen LogP contribution in [0.5, 0.6) is 0 Å². The summed E-state index contributed by atoms with van der Waals surface area (Å²) in [6.07, 6.45) is 2.20. The highest BCUT2D eigenvalue weighted by Gasteiger charge is 2.40. The molecule has 1 N–H and O–H groups in total. The zero-order chi connectivity index (χ0) is 19.5. The molecule has 2 atom stereocenters. The lowest BCUT2D eigenvalue weighted by Gasteiger charge is -2.27. The zero-order valence-electron chi connectivity index (χ0n) is 17.1. The second-order valence-electron chi connectivity index (χ2n) is 8.79. The number of hydrogen-bond acceptors (Lipinski definition) is 5. The maximum absolute atomic E-state index is 12.7. The minimum absolute atomic E-state index is 0.0571. The van der Waals surface area contributed by atoms with Gasteiger partial charge in [0.25, 0.3) is 0 Å². The van der Waals surface area contributed by atoms with Crippen molar-refractivity contribution in [1.82, 2.24) is 14.9 Å². The Labute approximate surface area is 156 Å². The molecule has 1 aliphatic rings. The molecule has 2 heterocycles. The van der Waals surface area contributed by atoms with Gasteiger partial charge in [0.2, 0.25) is 0 Å². The summed E-state index contributed by atoms with van der Waals surface area (Å²) in [4.78, 5) is 22.4. The van der Waals surface area contributed by atoms with Gasteiger partial charge in [-0.3, -0.25) is 4.90 Å². The molecule has 7 heteroatoms. The molecule has 1 saturated heterocycles. The minimum atomic E-state index is -0.545. The van der Waals surface area contributed by atoms with Crippen molar-refractivity contribution in [3.8, 4) is 0 Å². The lowest BCUT2D eigenvalue weighted by atomic mass is 9.93. The SMILES string of the molecule is COCCO[C@@H]1C[C@@H](c2nc(C(C)(C)C)c[nH]2)N(C(=O)OC(C)(C)C)C1. The molecule has 148 valence electrons. The molecule has 0 unspecified atom stereocenters. The quantitative estimate of drug-likeness (QED) is 0.807. The predicted octanol–water partition coefficient (Wildman–Crippen LogP) is 3.42. The second kappa shape index (κ2) is 7.96. The molecule has 1 aromatic heterocycles. The maximum atomic E-state index is 12.7. The molecule has 1 aromatic rings. The number of imidazole rings is 1. The summed E-state index contributed by atoms with van der Waals surface area (Å²) in [5.41, 5.74) is 0.370. The molecular weight excluding hydrogens is 334 g/mol. The first-order valence-corrected chi connectivity index (χ1v) is 9.17. The van der Waals surface area contributed by atoms with E-state index in [0.29, 0.717) is 26.2 Å². The highest BCUT2D eigenvalue weighted by atomic mass is 16.6. The summed E-state index contributed by atoms with van der Waals surface area (Å²) in [6.45, 7) is 13.5. The molecular formula is C19H33N3O4. The number of amides is 1. The first-order valence-electron chi connectivity index (χ1n) is 9.17. The van der Waals surface area contributed by atoms with Crippen LogP contribution in [-0.2, 0) is 19.6 Å². The van der Waals surface area contributed by atoms with Gasteiger partial charge in [-0.2, -0.15) is 0 Å². The van der Waals surface area contributed by atoms with Crippen molar-refractivity contribution in [2.45, 2.75) is 71.1 Å². The van der Waals surface area contributed by atoms with E-state index in [9.17, 15) is 4.79 Å². The smallest absolute Gasteiger partial charge is 0.411 e. The Morgan fingerprint density at radius 1 is 1.27 bits per heavy atom. The normalized spacial score (nSPS) is 21.3. The topological polar surface area (TPSA) is 76.7 Å². The van der Waals surface area contributed by atoms with E-state index in [-0.39, 0.29) is 23.7 Å². The summed E-state index contributed by atoms with van der Waals surface area (Å²) in [6, 6.07) is -0.187. The third kappa shape index (κ3) is 5.45. The van der Waals surface area contributed by atoms with Crippen LogP contribution < -0.4 is 0 Å². The number of rotatable bonds is 5. The Kier molecular flexibility index (Phi) is 6.34. The molecule has 1 aliphatic heterocycles. The molecule has 0 radical (unpaired) electrons. The summed E-state index contributed by atoms with van der Waals surface area (Å²) in [5, 5.41) is 0. The highest BCUT2D eigenvalue weighted by Crippen LogP contribution is 2.34. The van der Waals surface area contributed by atoms with Gasteiger partial charge < -0.3 is 19.2 Å². The van der Waals surface area contributed by atoms with E-state index < -0.39 is 5.60 Å². The lowest BCUT2D eigenvalue weighted by Crippen LogP contribution is -2.37. The van der Waals surface area contributed by atoms with E-state index in [1.54, 1.807) is 12.0 Å². The number of ether oxygens (including phenoxy) is 3. The summed E-state index contributed by atoms with van der Waals surface area (Å²) in [5.74, 6) is 0.777. The molecule has 7 nitrogen and oxygen atoms in total. The Balaban J connectivity index is 2.18. The monoisotopic (exact) mass is 367 g/mol. The second-order valence-corrected chi connectivity index (χ2v) is 8.79. The van der Waals surface area contributed by atoms with E-state index in [1.165, 1.54) is 0 Å². The van der Waals surface area contributed by atoms with Crippen LogP contribution in [-0.4, -0.2) is 59.5 Å². The van der Waals surface area contributed by atoms with Gasteiger partial charge in [0, 0.05) is 25.1 Å². The molecule has 2 rings (SSSR count). The summed E-state index contributed by atoms with van der Waals surface area (Å²) >= 11 is 0. The van der Waals surface area contributed by atoms with Gasteiger partial charge in [-0.1, -0.05) is 20.8 Å². The van der Waals surface area contributed by atoms with Gasteiger partial charge in [0.15, 0.2) is 0 Å². The number of nitrogens with one attached hydrogen (secondary N) is 1. The summed E-state index contributed by atoms with van der Waals surface area (Å²) in [7, 11) is 1.64. The van der Waals surface area contributed by atoms with Crippen LogP contribution in [0.2, 0.25) is 0 Å². The molecule has 0 spiro atoms. The van der Waals surface area contributed by atoms with E-state index in [2.05, 4.69) is 25.8 Å². The van der Waals surface area contributed by atoms with Crippen molar-refractivity contribution < 1.29 is 19.0 Å². The van der Waals surface area contributed by atoms with Gasteiger partial charge in [-0.05, 0) is 20.8 Å². The average molecular weight is 367 g/mol. The van der Waals surface area contributed by atoms with Gasteiger partial charge in [0.1, 0.15) is 11.4 Å². The number of methoxy groups -OCH3 is 1. The van der Waals surface area contributed by atoms with E-state index >= 15 is 0 Å². The number of H-pyrrole nitrogens is 1. The van der Waals surface area contributed by atoms with Gasteiger partial charge in [-0.15, -0.1) is 0 Å². The number of nitrogens with zero attached hydrogens (tertiary/aromatic N) is 2. The van der Waals surface area contributed by atoms with E-state index in [4.69, 9.17) is 19.2 Å². The number of aromatic nitrogens is 2. The lowest BCUT2D eigenvalue weighted by molar-refractivity contribution is 0.00893. The van der Waals surface area contributed by atoms with Crippen LogP contribution >= 0.6 is 0 Å². The van der Waals surface area contributed by atoms with Crippen molar-refractivity contribution >= 4 is 6.09 Å². The molecule has 0 aliphatic carbocycles. The Morgan fingerprint density at radius 3 is 2.50 bits per heavy atom. The van der Waals surface area contributed by atoms with Crippen molar-refractivity contribution in [2.75, 3.05) is 26.9 Å². The zero-order valence-corrected chi connectivity index (χ0v) is 17.1. The Bertz CT molecular complexity index is 601. The third-order valence-corrected chi connectivity index (χ3v) is 4.21. The molecule has 1 amide bonds. The third-order valence-electron chi connectivity index (χ3n) is 4.21. The predicted molar refractivity (Wildman–Crippen MR) is 99.2 cm³/mol. The van der Waals surface area contributed by atoms with Crippen LogP contribution in [0, 0.1) is 0 Å². The molecule has 26 heavy (non-hydrogen) atoms. The maximum Gasteiger partial charge on any atom is 0.411 e. The molecule has 0 aromatic carbocycles. The Morgan fingerprint density at radius 2 is 1.96 bits per heavy atom. The summed E-state index contributed by atoms with van der Waals surface area (Å²) < 4.78 is 16.5. The first-order chi connectivity index (χ1) is 12.0. The molecule has 0 saturated carbocycles. The van der Waals surface area contributed by atoms with Crippen molar-refractivity contribution in [2.24, 2.45) is 0 Å². The average Bonchev–Trinajstić information content (AvgIpc) is 3.11. The van der Waals surface area contributed by atoms with Crippen LogP contribution in [0.4, 0.5) is 4.79 Å². The fourth-order valence-electron chi connectivity index (χ4n) is 2.89.